The maximum absolute atomic E-state index is 14.6. The summed E-state index contributed by atoms with van der Waals surface area (Å²) in [7, 11) is -3.12. The predicted molar refractivity (Wildman–Crippen MR) is 130 cm³/mol. The second-order valence-corrected chi connectivity index (χ2v) is 12.7. The molecule has 5 heteroatoms. The van der Waals surface area contributed by atoms with Crippen molar-refractivity contribution in [2.75, 3.05) is 0 Å². The summed E-state index contributed by atoms with van der Waals surface area (Å²) in [4.78, 5) is 0. The Morgan fingerprint density at radius 3 is 1.80 bits per heavy atom. The van der Waals surface area contributed by atoms with E-state index in [9.17, 15) is 4.57 Å². The van der Waals surface area contributed by atoms with E-state index >= 15 is 0 Å². The monoisotopic (exact) mass is 459 g/mol. The van der Waals surface area contributed by atoms with Gasteiger partial charge < -0.3 is 0 Å². The van der Waals surface area contributed by atoms with E-state index in [4.69, 9.17) is 23.2 Å². The highest BCUT2D eigenvalue weighted by Gasteiger charge is 2.60. The van der Waals surface area contributed by atoms with E-state index in [1.807, 2.05) is 60.7 Å². The molecule has 5 rings (SSSR count). The number of nitrogens with zero attached hydrogens (tertiary/aromatic N) is 1. The summed E-state index contributed by atoms with van der Waals surface area (Å²) in [5, 5.41) is 1.00. The third-order valence-corrected chi connectivity index (χ3v) is 9.95. The van der Waals surface area contributed by atoms with Crippen molar-refractivity contribution in [3.05, 3.63) is 83.4 Å². The zero-order valence-electron chi connectivity index (χ0n) is 17.7. The van der Waals surface area contributed by atoms with Crippen LogP contribution in [0.5, 0.6) is 0 Å². The number of halogens is 2. The summed E-state index contributed by atoms with van der Waals surface area (Å²) >= 11 is 13.4. The maximum atomic E-state index is 14.6. The molecule has 3 atom stereocenters. The molecule has 2 heterocycles. The molecular weight excluding hydrogens is 432 g/mol. The molecule has 2 saturated heterocycles. The maximum Gasteiger partial charge on any atom is 0.197 e. The normalized spacial score (nSPS) is 28.5. The van der Waals surface area contributed by atoms with E-state index in [0.717, 1.165) is 30.4 Å². The molecule has 1 aliphatic carbocycles. The molecule has 2 aromatic carbocycles. The lowest BCUT2D eigenvalue weighted by Crippen LogP contribution is -2.68. The summed E-state index contributed by atoms with van der Waals surface area (Å²) in [6.07, 6.45) is 3.10. The van der Waals surface area contributed by atoms with E-state index < -0.39 is 7.29 Å². The molecule has 0 radical (unpaired) electrons. The average Bonchev–Trinajstić information content (AvgIpc) is 2.67. The van der Waals surface area contributed by atoms with Crippen molar-refractivity contribution in [2.24, 2.45) is 5.41 Å². The summed E-state index contributed by atoms with van der Waals surface area (Å²) in [6.45, 7) is 6.84. The number of piperidine rings is 1. The third-order valence-electron chi connectivity index (χ3n) is 6.25. The SMILES string of the molecule is CC1(C)CC2CC(C)(C1)N2P(=O)(C=C(Cl)c1ccccc1)/C=C(/Cl)c1ccccc1. The molecule has 0 amide bonds. The van der Waals surface area contributed by atoms with Gasteiger partial charge in [-0.25, -0.2) is 4.67 Å². The Hall–Kier alpha value is -1.31. The van der Waals surface area contributed by atoms with Crippen molar-refractivity contribution in [2.45, 2.75) is 51.6 Å². The molecule has 3 aliphatic rings. The van der Waals surface area contributed by atoms with Gasteiger partial charge in [-0.1, -0.05) is 97.7 Å². The first-order valence-corrected chi connectivity index (χ1v) is 12.9. The Bertz CT molecular complexity index is 972. The topological polar surface area (TPSA) is 20.3 Å². The van der Waals surface area contributed by atoms with Crippen molar-refractivity contribution in [1.82, 2.24) is 4.67 Å². The lowest BCUT2D eigenvalue weighted by atomic mass is 9.61. The Morgan fingerprint density at radius 2 is 1.37 bits per heavy atom. The minimum Gasteiger partial charge on any atom is -0.297 e. The third kappa shape index (κ3) is 4.21. The molecule has 0 N–H and O–H groups in total. The van der Waals surface area contributed by atoms with Crippen LogP contribution in [0.15, 0.2) is 72.3 Å². The van der Waals surface area contributed by atoms with Gasteiger partial charge in [-0.2, -0.15) is 0 Å². The highest BCUT2D eigenvalue weighted by Crippen LogP contribution is 2.70. The van der Waals surface area contributed by atoms with Gasteiger partial charge in [0.05, 0.1) is 10.1 Å². The quantitative estimate of drug-likeness (QED) is 0.418. The summed E-state index contributed by atoms with van der Waals surface area (Å²) in [5.74, 6) is 3.50. The van der Waals surface area contributed by atoms with Gasteiger partial charge in [0.2, 0.25) is 0 Å². The molecule has 1 saturated carbocycles. The standard InChI is InChI=1S/C25H28Cl2NOP/c1-24(2)14-21-15-25(3,18-24)28(21)30(29,16-22(26)19-10-6-4-7-11-19)17-23(27)20-12-8-5-9-13-20/h4-13,16-17,21H,14-15,18H2,1-3H3/b22-16+,23-17?. The second kappa shape index (κ2) is 7.99. The van der Waals surface area contributed by atoms with Gasteiger partial charge >= 0.3 is 0 Å². The van der Waals surface area contributed by atoms with Gasteiger partial charge in [0, 0.05) is 23.2 Å². The molecule has 2 aliphatic heterocycles. The fraction of sp³-hybridized carbons (Fsp3) is 0.360. The number of fused-ring (bicyclic) bond motifs is 2. The van der Waals surface area contributed by atoms with E-state index in [2.05, 4.69) is 25.4 Å². The number of hydrogen-bond donors (Lipinski definition) is 0. The molecule has 0 spiro atoms. The largest absolute Gasteiger partial charge is 0.297 e. The van der Waals surface area contributed by atoms with Gasteiger partial charge in [-0.15, -0.1) is 0 Å². The zero-order chi connectivity index (χ0) is 21.6. The lowest BCUT2D eigenvalue weighted by molar-refractivity contribution is -0.0838. The first-order valence-electron chi connectivity index (χ1n) is 10.4. The van der Waals surface area contributed by atoms with Crippen LogP contribution >= 0.6 is 30.5 Å². The van der Waals surface area contributed by atoms with Crippen molar-refractivity contribution in [3.8, 4) is 0 Å². The van der Waals surface area contributed by atoms with Crippen LogP contribution in [0, 0.1) is 5.41 Å². The molecule has 30 heavy (non-hydrogen) atoms. The molecular formula is C25H28Cl2NOP. The van der Waals surface area contributed by atoms with E-state index in [-0.39, 0.29) is 17.0 Å². The zero-order valence-corrected chi connectivity index (χ0v) is 20.1. The molecule has 0 aromatic heterocycles. The van der Waals surface area contributed by atoms with Crippen LogP contribution in [-0.4, -0.2) is 16.3 Å². The molecule has 3 unspecified atom stereocenters. The van der Waals surface area contributed by atoms with Crippen LogP contribution in [0.2, 0.25) is 0 Å². The Kier molecular flexibility index (Phi) is 5.83. The predicted octanol–water partition coefficient (Wildman–Crippen LogP) is 8.39. The van der Waals surface area contributed by atoms with E-state index in [1.54, 1.807) is 11.6 Å². The molecule has 2 nitrogen and oxygen atoms in total. The van der Waals surface area contributed by atoms with Gasteiger partial charge in [0.1, 0.15) is 0 Å². The smallest absolute Gasteiger partial charge is 0.197 e. The first-order chi connectivity index (χ1) is 14.1. The summed E-state index contributed by atoms with van der Waals surface area (Å²) in [6, 6.07) is 19.7. The Morgan fingerprint density at radius 1 is 0.900 bits per heavy atom. The average molecular weight is 460 g/mol. The van der Waals surface area contributed by atoms with Crippen LogP contribution < -0.4 is 0 Å². The van der Waals surface area contributed by atoms with Crippen molar-refractivity contribution in [3.63, 3.8) is 0 Å². The Balaban J connectivity index is 1.79. The minimum atomic E-state index is -3.12. The van der Waals surface area contributed by atoms with Gasteiger partial charge in [-0.3, -0.25) is 4.57 Å². The van der Waals surface area contributed by atoms with Crippen molar-refractivity contribution in [1.29, 1.82) is 0 Å². The van der Waals surface area contributed by atoms with Gasteiger partial charge in [-0.05, 0) is 42.7 Å². The number of benzene rings is 2. The molecule has 158 valence electrons. The summed E-state index contributed by atoms with van der Waals surface area (Å²) < 4.78 is 16.8. The van der Waals surface area contributed by atoms with E-state index in [1.165, 1.54) is 0 Å². The fourth-order valence-corrected chi connectivity index (χ4v) is 9.47. The van der Waals surface area contributed by atoms with Gasteiger partial charge in [0.25, 0.3) is 0 Å². The second-order valence-electron chi connectivity index (χ2n) is 9.60. The van der Waals surface area contributed by atoms with Crippen LogP contribution in [0.1, 0.15) is 51.2 Å². The van der Waals surface area contributed by atoms with Gasteiger partial charge in [0.15, 0.2) is 7.29 Å². The first kappa shape index (κ1) is 21.9. The van der Waals surface area contributed by atoms with Crippen molar-refractivity contribution < 1.29 is 4.57 Å². The highest BCUT2D eigenvalue weighted by molar-refractivity contribution is 7.68. The molecule has 2 bridgehead atoms. The number of hydrogen-bond acceptors (Lipinski definition) is 1. The molecule has 2 aromatic rings. The van der Waals surface area contributed by atoms with Crippen LogP contribution in [0.3, 0.4) is 0 Å². The van der Waals surface area contributed by atoms with E-state index in [0.29, 0.717) is 10.1 Å². The lowest BCUT2D eigenvalue weighted by Gasteiger charge is -2.66. The molecule has 3 fully saturated rings. The van der Waals surface area contributed by atoms with Crippen molar-refractivity contribution >= 4 is 40.6 Å². The fourth-order valence-electron chi connectivity index (χ4n) is 5.53. The Labute approximate surface area is 190 Å². The summed E-state index contributed by atoms with van der Waals surface area (Å²) in [5.41, 5.74) is 1.86. The number of rotatable bonds is 5. The minimum absolute atomic E-state index is 0.114. The van der Waals surface area contributed by atoms with Crippen LogP contribution in [0.25, 0.3) is 10.1 Å². The highest BCUT2D eigenvalue weighted by atomic mass is 35.5. The van der Waals surface area contributed by atoms with Crippen LogP contribution in [-0.2, 0) is 4.57 Å². The van der Waals surface area contributed by atoms with Crippen LogP contribution in [0.4, 0.5) is 0 Å².